The summed E-state index contributed by atoms with van der Waals surface area (Å²) in [6.07, 6.45) is 4.22. The van der Waals surface area contributed by atoms with Gasteiger partial charge in [-0.25, -0.2) is 0 Å². The van der Waals surface area contributed by atoms with Crippen LogP contribution in [-0.4, -0.2) is 27.6 Å². The van der Waals surface area contributed by atoms with E-state index in [4.69, 9.17) is 5.73 Å². The van der Waals surface area contributed by atoms with E-state index in [-0.39, 0.29) is 5.91 Å². The second-order valence-corrected chi connectivity index (χ2v) is 4.74. The van der Waals surface area contributed by atoms with Crippen molar-refractivity contribution in [2.24, 2.45) is 0 Å². The molecule has 3 aromatic rings. The van der Waals surface area contributed by atoms with E-state index in [1.54, 1.807) is 24.5 Å². The number of nitrogens with two attached hydrogens (primary N) is 1. The molecule has 0 aliphatic heterocycles. The molecule has 0 radical (unpaired) electrons. The van der Waals surface area contributed by atoms with E-state index in [2.05, 4.69) is 20.5 Å². The number of anilines is 1. The lowest BCUT2D eigenvalue weighted by molar-refractivity contribution is 0.0951. The van der Waals surface area contributed by atoms with Crippen LogP contribution in [0.3, 0.4) is 0 Å². The van der Waals surface area contributed by atoms with Crippen LogP contribution in [0.4, 0.5) is 5.69 Å². The van der Waals surface area contributed by atoms with Gasteiger partial charge in [0.2, 0.25) is 0 Å². The summed E-state index contributed by atoms with van der Waals surface area (Å²) in [4.78, 5) is 16.1. The first kappa shape index (κ1) is 13.1. The smallest absolute Gasteiger partial charge is 0.272 e. The number of nitrogens with zero attached hydrogens (tertiary/aromatic N) is 2. The number of amides is 1. The minimum Gasteiger partial charge on any atom is -0.399 e. The zero-order valence-corrected chi connectivity index (χ0v) is 11.3. The van der Waals surface area contributed by atoms with E-state index < -0.39 is 0 Å². The lowest BCUT2D eigenvalue weighted by Gasteiger charge is -2.03. The largest absolute Gasteiger partial charge is 0.399 e. The van der Waals surface area contributed by atoms with E-state index in [1.165, 1.54) is 0 Å². The highest BCUT2D eigenvalue weighted by molar-refractivity contribution is 6.05. The minimum atomic E-state index is -0.207. The van der Waals surface area contributed by atoms with E-state index in [1.807, 2.05) is 18.2 Å². The van der Waals surface area contributed by atoms with E-state index in [9.17, 15) is 4.79 Å². The third-order valence-electron chi connectivity index (χ3n) is 3.25. The predicted octanol–water partition coefficient (Wildman–Crippen LogP) is 1.51. The van der Waals surface area contributed by atoms with E-state index in [0.29, 0.717) is 17.9 Å². The third-order valence-corrected chi connectivity index (χ3v) is 3.25. The van der Waals surface area contributed by atoms with Gasteiger partial charge in [0.1, 0.15) is 0 Å². The van der Waals surface area contributed by atoms with Gasteiger partial charge in [0.05, 0.1) is 5.52 Å². The van der Waals surface area contributed by atoms with Crippen molar-refractivity contribution < 1.29 is 4.79 Å². The van der Waals surface area contributed by atoms with Crippen molar-refractivity contribution in [2.45, 2.75) is 6.42 Å². The van der Waals surface area contributed by atoms with Crippen LogP contribution < -0.4 is 11.1 Å². The number of pyridine rings is 1. The van der Waals surface area contributed by atoms with Gasteiger partial charge < -0.3 is 11.1 Å². The van der Waals surface area contributed by atoms with Gasteiger partial charge in [-0.15, -0.1) is 0 Å². The van der Waals surface area contributed by atoms with Crippen molar-refractivity contribution in [2.75, 3.05) is 12.3 Å². The Balaban J connectivity index is 1.68. The van der Waals surface area contributed by atoms with Crippen molar-refractivity contribution in [3.8, 4) is 0 Å². The zero-order valence-electron chi connectivity index (χ0n) is 11.3. The number of rotatable bonds is 4. The highest BCUT2D eigenvalue weighted by Gasteiger charge is 2.13. The fourth-order valence-corrected chi connectivity index (χ4v) is 2.16. The highest BCUT2D eigenvalue weighted by Crippen LogP contribution is 2.18. The Morgan fingerprint density at radius 3 is 2.86 bits per heavy atom. The average Bonchev–Trinajstić information content (AvgIpc) is 2.91. The van der Waals surface area contributed by atoms with Crippen molar-refractivity contribution in [3.05, 3.63) is 54.0 Å². The van der Waals surface area contributed by atoms with E-state index in [0.717, 1.165) is 22.9 Å². The molecule has 0 aliphatic rings. The van der Waals surface area contributed by atoms with Gasteiger partial charge in [0.15, 0.2) is 5.69 Å². The highest BCUT2D eigenvalue weighted by atomic mass is 16.1. The molecule has 1 aromatic carbocycles. The number of benzene rings is 1. The molecule has 0 saturated heterocycles. The maximum Gasteiger partial charge on any atom is 0.272 e. The molecule has 0 atom stereocenters. The summed E-state index contributed by atoms with van der Waals surface area (Å²) in [6.45, 7) is 0.541. The topological polar surface area (TPSA) is 96.7 Å². The first-order valence-electron chi connectivity index (χ1n) is 6.65. The molecule has 0 bridgehead atoms. The molecule has 6 nitrogen and oxygen atoms in total. The number of hydrogen-bond donors (Lipinski definition) is 3. The Kier molecular flexibility index (Phi) is 3.51. The fourth-order valence-electron chi connectivity index (χ4n) is 2.16. The summed E-state index contributed by atoms with van der Waals surface area (Å²) < 4.78 is 0. The van der Waals surface area contributed by atoms with Crippen LogP contribution in [-0.2, 0) is 6.42 Å². The Bertz CT molecular complexity index is 766. The number of hydrogen-bond acceptors (Lipinski definition) is 4. The van der Waals surface area contributed by atoms with Crippen LogP contribution in [0.2, 0.25) is 0 Å². The molecule has 2 heterocycles. The maximum absolute atomic E-state index is 12.2. The van der Waals surface area contributed by atoms with Gasteiger partial charge in [-0.1, -0.05) is 0 Å². The number of fused-ring (bicyclic) bond motifs is 1. The number of carbonyl (C=O) groups is 1. The maximum atomic E-state index is 12.2. The van der Waals surface area contributed by atoms with Gasteiger partial charge in [-0.3, -0.25) is 14.9 Å². The lowest BCUT2D eigenvalue weighted by Crippen LogP contribution is -2.26. The van der Waals surface area contributed by atoms with Crippen LogP contribution in [0.25, 0.3) is 10.9 Å². The number of aromatic nitrogens is 3. The SMILES string of the molecule is Nc1ccc2[nH]nc(C(=O)NCCc3ccncc3)c2c1. The lowest BCUT2D eigenvalue weighted by atomic mass is 10.1. The first-order valence-corrected chi connectivity index (χ1v) is 6.65. The zero-order chi connectivity index (χ0) is 14.7. The molecule has 1 amide bonds. The number of nitrogen functional groups attached to an aromatic ring is 1. The van der Waals surface area contributed by atoms with Gasteiger partial charge in [0.25, 0.3) is 5.91 Å². The van der Waals surface area contributed by atoms with E-state index >= 15 is 0 Å². The molecule has 21 heavy (non-hydrogen) atoms. The third kappa shape index (κ3) is 2.84. The number of H-pyrrole nitrogens is 1. The monoisotopic (exact) mass is 281 g/mol. The Labute approximate surface area is 121 Å². The fraction of sp³-hybridized carbons (Fsp3) is 0.133. The second kappa shape index (κ2) is 5.62. The molecular formula is C15H15N5O. The van der Waals surface area contributed by atoms with Gasteiger partial charge in [0, 0.05) is 30.0 Å². The molecule has 3 rings (SSSR count). The molecule has 2 aromatic heterocycles. The number of nitrogens with one attached hydrogen (secondary N) is 2. The van der Waals surface area contributed by atoms with Crippen LogP contribution >= 0.6 is 0 Å². The Hall–Kier alpha value is -2.89. The van der Waals surface area contributed by atoms with Gasteiger partial charge in [-0.2, -0.15) is 5.10 Å². The number of carbonyl (C=O) groups excluding carboxylic acids is 1. The average molecular weight is 281 g/mol. The van der Waals surface area contributed by atoms with Gasteiger partial charge in [-0.05, 0) is 42.3 Å². The molecule has 4 N–H and O–H groups in total. The normalized spacial score (nSPS) is 10.7. The molecule has 6 heteroatoms. The quantitative estimate of drug-likeness (QED) is 0.631. The molecule has 0 spiro atoms. The Morgan fingerprint density at radius 2 is 2.05 bits per heavy atom. The van der Waals surface area contributed by atoms with Crippen molar-refractivity contribution in [1.29, 1.82) is 0 Å². The van der Waals surface area contributed by atoms with Crippen LogP contribution in [0.15, 0.2) is 42.7 Å². The van der Waals surface area contributed by atoms with Crippen LogP contribution in [0.1, 0.15) is 16.1 Å². The summed E-state index contributed by atoms with van der Waals surface area (Å²) >= 11 is 0. The van der Waals surface area contributed by atoms with Crippen molar-refractivity contribution >= 4 is 22.5 Å². The first-order chi connectivity index (χ1) is 10.2. The number of aromatic amines is 1. The molecule has 0 fully saturated rings. The van der Waals surface area contributed by atoms with Crippen molar-refractivity contribution in [3.63, 3.8) is 0 Å². The summed E-state index contributed by atoms with van der Waals surface area (Å²) in [7, 11) is 0. The summed E-state index contributed by atoms with van der Waals surface area (Å²) in [6, 6.07) is 9.18. The Morgan fingerprint density at radius 1 is 1.24 bits per heavy atom. The molecular weight excluding hydrogens is 266 g/mol. The minimum absolute atomic E-state index is 0.207. The molecule has 0 saturated carbocycles. The van der Waals surface area contributed by atoms with Crippen molar-refractivity contribution in [1.82, 2.24) is 20.5 Å². The summed E-state index contributed by atoms with van der Waals surface area (Å²) in [5, 5.41) is 10.5. The summed E-state index contributed by atoms with van der Waals surface area (Å²) in [5.41, 5.74) is 8.64. The van der Waals surface area contributed by atoms with Crippen LogP contribution in [0.5, 0.6) is 0 Å². The summed E-state index contributed by atoms with van der Waals surface area (Å²) in [5.74, 6) is -0.207. The van der Waals surface area contributed by atoms with Gasteiger partial charge >= 0.3 is 0 Å². The molecule has 106 valence electrons. The molecule has 0 aliphatic carbocycles. The predicted molar refractivity (Wildman–Crippen MR) is 80.8 cm³/mol. The standard InChI is InChI=1S/C15H15N5O/c16-11-1-2-13-12(9-11)14(20-19-13)15(21)18-8-5-10-3-6-17-7-4-10/h1-4,6-7,9H,5,8,16H2,(H,18,21)(H,19,20). The van der Waals surface area contributed by atoms with Crippen LogP contribution in [0, 0.1) is 0 Å². The second-order valence-electron chi connectivity index (χ2n) is 4.74. The molecule has 0 unspecified atom stereocenters.